The van der Waals surface area contributed by atoms with Crippen molar-refractivity contribution in [2.45, 2.75) is 6.92 Å². The second-order valence-electron chi connectivity index (χ2n) is 3.54. The monoisotopic (exact) mass is 257 g/mol. The van der Waals surface area contributed by atoms with E-state index in [4.69, 9.17) is 21.1 Å². The Kier molecular flexibility index (Phi) is 5.80. The van der Waals surface area contributed by atoms with E-state index in [1.54, 1.807) is 19.2 Å². The highest BCUT2D eigenvalue weighted by atomic mass is 35.5. The summed E-state index contributed by atoms with van der Waals surface area (Å²) in [5.41, 5.74) is 0.944. The third-order valence-corrected chi connectivity index (χ3v) is 2.37. The first-order chi connectivity index (χ1) is 8.13. The first-order valence-corrected chi connectivity index (χ1v) is 5.66. The molecule has 4 nitrogen and oxygen atoms in total. The molecule has 0 saturated heterocycles. The van der Waals surface area contributed by atoms with E-state index in [0.29, 0.717) is 23.9 Å². The average molecular weight is 258 g/mol. The van der Waals surface area contributed by atoms with Gasteiger partial charge >= 0.3 is 0 Å². The van der Waals surface area contributed by atoms with Crippen molar-refractivity contribution in [3.63, 3.8) is 0 Å². The third kappa shape index (κ3) is 5.06. The quantitative estimate of drug-likeness (QED) is 0.791. The van der Waals surface area contributed by atoms with Crippen molar-refractivity contribution in [1.29, 1.82) is 0 Å². The third-order valence-electron chi connectivity index (χ3n) is 2.14. The van der Waals surface area contributed by atoms with Crippen LogP contribution in [0.1, 0.15) is 5.56 Å². The summed E-state index contributed by atoms with van der Waals surface area (Å²) in [5.74, 6) is 0.445. The second kappa shape index (κ2) is 7.14. The maximum absolute atomic E-state index is 11.4. The van der Waals surface area contributed by atoms with Gasteiger partial charge in [-0.2, -0.15) is 0 Å². The van der Waals surface area contributed by atoms with Gasteiger partial charge in [-0.05, 0) is 24.6 Å². The number of rotatable bonds is 6. The van der Waals surface area contributed by atoms with Crippen LogP contribution in [0.2, 0.25) is 5.02 Å². The van der Waals surface area contributed by atoms with Crippen molar-refractivity contribution in [2.75, 3.05) is 26.9 Å². The minimum Gasteiger partial charge on any atom is -0.483 e. The predicted molar refractivity (Wildman–Crippen MR) is 66.6 cm³/mol. The zero-order chi connectivity index (χ0) is 12.7. The fourth-order valence-electron chi connectivity index (χ4n) is 1.22. The summed E-state index contributed by atoms with van der Waals surface area (Å²) < 4.78 is 10.2. The molecular formula is C12H16ClNO3. The van der Waals surface area contributed by atoms with E-state index in [9.17, 15) is 4.79 Å². The fourth-order valence-corrected chi connectivity index (χ4v) is 1.38. The molecule has 0 aliphatic carbocycles. The molecular weight excluding hydrogens is 242 g/mol. The molecule has 5 heteroatoms. The van der Waals surface area contributed by atoms with Crippen LogP contribution >= 0.6 is 11.6 Å². The molecule has 0 radical (unpaired) electrons. The standard InChI is InChI=1S/C12H16ClNO3/c1-9-3-4-10(13)7-11(9)17-8-12(15)14-5-6-16-2/h3-4,7H,5-6,8H2,1-2H3,(H,14,15). The average Bonchev–Trinajstić information content (AvgIpc) is 2.31. The molecule has 94 valence electrons. The molecule has 0 saturated carbocycles. The van der Waals surface area contributed by atoms with E-state index in [2.05, 4.69) is 5.32 Å². The first kappa shape index (κ1) is 13.8. The lowest BCUT2D eigenvalue weighted by Crippen LogP contribution is -2.31. The molecule has 0 heterocycles. The molecule has 0 bridgehead atoms. The molecule has 0 aromatic heterocycles. The summed E-state index contributed by atoms with van der Waals surface area (Å²) in [4.78, 5) is 11.4. The molecule has 1 aromatic rings. The van der Waals surface area contributed by atoms with E-state index in [1.807, 2.05) is 13.0 Å². The van der Waals surface area contributed by atoms with Crippen LogP contribution in [0, 0.1) is 6.92 Å². The zero-order valence-electron chi connectivity index (χ0n) is 9.96. The highest BCUT2D eigenvalue weighted by Crippen LogP contribution is 2.22. The van der Waals surface area contributed by atoms with Gasteiger partial charge in [-0.3, -0.25) is 4.79 Å². The lowest BCUT2D eigenvalue weighted by molar-refractivity contribution is -0.123. The van der Waals surface area contributed by atoms with Crippen LogP contribution in [0.4, 0.5) is 0 Å². The zero-order valence-corrected chi connectivity index (χ0v) is 10.7. The van der Waals surface area contributed by atoms with Gasteiger partial charge in [-0.25, -0.2) is 0 Å². The number of aryl methyl sites for hydroxylation is 1. The normalized spacial score (nSPS) is 10.1. The SMILES string of the molecule is COCCNC(=O)COc1cc(Cl)ccc1C. The van der Waals surface area contributed by atoms with Crippen molar-refractivity contribution in [1.82, 2.24) is 5.32 Å². The largest absolute Gasteiger partial charge is 0.483 e. The highest BCUT2D eigenvalue weighted by Gasteiger charge is 2.04. The van der Waals surface area contributed by atoms with Crippen LogP contribution in [0.5, 0.6) is 5.75 Å². The number of ether oxygens (including phenoxy) is 2. The van der Waals surface area contributed by atoms with Gasteiger partial charge in [0.1, 0.15) is 5.75 Å². The molecule has 0 spiro atoms. The lowest BCUT2D eigenvalue weighted by Gasteiger charge is -2.09. The van der Waals surface area contributed by atoms with Crippen LogP contribution in [0.3, 0.4) is 0 Å². The molecule has 1 aromatic carbocycles. The van der Waals surface area contributed by atoms with Crippen LogP contribution in [-0.4, -0.2) is 32.8 Å². The van der Waals surface area contributed by atoms with Gasteiger partial charge < -0.3 is 14.8 Å². The topological polar surface area (TPSA) is 47.6 Å². The number of hydrogen-bond donors (Lipinski definition) is 1. The Morgan fingerprint density at radius 1 is 1.47 bits per heavy atom. The molecule has 1 N–H and O–H groups in total. The van der Waals surface area contributed by atoms with Crippen molar-refractivity contribution >= 4 is 17.5 Å². The van der Waals surface area contributed by atoms with E-state index in [0.717, 1.165) is 5.56 Å². The van der Waals surface area contributed by atoms with Gasteiger partial charge in [-0.1, -0.05) is 17.7 Å². The molecule has 0 fully saturated rings. The minimum atomic E-state index is -0.179. The molecule has 1 amide bonds. The summed E-state index contributed by atoms with van der Waals surface area (Å²) in [7, 11) is 1.58. The molecule has 17 heavy (non-hydrogen) atoms. The summed E-state index contributed by atoms with van der Waals surface area (Å²) in [6, 6.07) is 5.32. The Balaban J connectivity index is 2.39. The maximum atomic E-state index is 11.4. The smallest absolute Gasteiger partial charge is 0.258 e. The van der Waals surface area contributed by atoms with E-state index in [-0.39, 0.29) is 12.5 Å². The van der Waals surface area contributed by atoms with Gasteiger partial charge in [0.2, 0.25) is 0 Å². The number of methoxy groups -OCH3 is 1. The van der Waals surface area contributed by atoms with Gasteiger partial charge in [-0.15, -0.1) is 0 Å². The summed E-state index contributed by atoms with van der Waals surface area (Å²) in [5, 5.41) is 3.25. The number of carbonyl (C=O) groups is 1. The number of halogens is 1. The van der Waals surface area contributed by atoms with Crippen molar-refractivity contribution in [3.05, 3.63) is 28.8 Å². The van der Waals surface area contributed by atoms with Crippen LogP contribution in [0.15, 0.2) is 18.2 Å². The molecule has 0 unspecified atom stereocenters. The first-order valence-electron chi connectivity index (χ1n) is 5.28. The Hall–Kier alpha value is -1.26. The highest BCUT2D eigenvalue weighted by molar-refractivity contribution is 6.30. The summed E-state index contributed by atoms with van der Waals surface area (Å²) >= 11 is 5.84. The number of carbonyl (C=O) groups excluding carboxylic acids is 1. The fraction of sp³-hybridized carbons (Fsp3) is 0.417. The Morgan fingerprint density at radius 2 is 2.24 bits per heavy atom. The molecule has 0 aliphatic heterocycles. The van der Waals surface area contributed by atoms with Gasteiger partial charge in [0.05, 0.1) is 6.61 Å². The second-order valence-corrected chi connectivity index (χ2v) is 3.98. The number of nitrogens with one attached hydrogen (secondary N) is 1. The predicted octanol–water partition coefficient (Wildman–Crippen LogP) is 1.79. The number of hydrogen-bond acceptors (Lipinski definition) is 3. The molecule has 0 aliphatic rings. The van der Waals surface area contributed by atoms with Crippen molar-refractivity contribution < 1.29 is 14.3 Å². The number of amides is 1. The van der Waals surface area contributed by atoms with Gasteiger partial charge in [0, 0.05) is 18.7 Å². The minimum absolute atomic E-state index is 0.0229. The Morgan fingerprint density at radius 3 is 2.94 bits per heavy atom. The summed E-state index contributed by atoms with van der Waals surface area (Å²) in [6.45, 7) is 2.84. The van der Waals surface area contributed by atoms with Crippen LogP contribution in [0.25, 0.3) is 0 Å². The lowest BCUT2D eigenvalue weighted by atomic mass is 10.2. The Bertz CT molecular complexity index is 382. The van der Waals surface area contributed by atoms with Crippen molar-refractivity contribution in [3.8, 4) is 5.75 Å². The van der Waals surface area contributed by atoms with E-state index < -0.39 is 0 Å². The molecule has 0 atom stereocenters. The Labute approximate surface area is 106 Å². The molecule has 1 rings (SSSR count). The summed E-state index contributed by atoms with van der Waals surface area (Å²) in [6.07, 6.45) is 0. The number of benzene rings is 1. The van der Waals surface area contributed by atoms with Gasteiger partial charge in [0.25, 0.3) is 5.91 Å². The van der Waals surface area contributed by atoms with E-state index in [1.165, 1.54) is 0 Å². The van der Waals surface area contributed by atoms with Gasteiger partial charge in [0.15, 0.2) is 6.61 Å². The van der Waals surface area contributed by atoms with Crippen molar-refractivity contribution in [2.24, 2.45) is 0 Å². The van der Waals surface area contributed by atoms with Crippen LogP contribution < -0.4 is 10.1 Å². The maximum Gasteiger partial charge on any atom is 0.258 e. The van der Waals surface area contributed by atoms with E-state index >= 15 is 0 Å². The van der Waals surface area contributed by atoms with Crippen LogP contribution in [-0.2, 0) is 9.53 Å².